The monoisotopic (exact) mass is 505 g/mol. The van der Waals surface area contributed by atoms with E-state index < -0.39 is 21.6 Å². The molecule has 0 atom stereocenters. The first-order valence-electron chi connectivity index (χ1n) is 9.41. The standard InChI is InChI=1S/C21H16ClN3O8S/c22-15-10-14(2-1-6-23)11-17(12-15)32-18-4-3-16(33-34(28,29)30)13-19(18)31-9-8-25-7-5-20(26)24-21(25)27/h1-5,7,10-13H,8-9H2,(H,24,26,27)(H,28,29,30)/b2-1+. The van der Waals surface area contributed by atoms with E-state index in [-0.39, 0.29) is 36.1 Å². The van der Waals surface area contributed by atoms with E-state index in [0.29, 0.717) is 10.6 Å². The topological polar surface area (TPSA) is 161 Å². The highest BCUT2D eigenvalue weighted by Gasteiger charge is 2.14. The first kappa shape index (κ1) is 24.6. The van der Waals surface area contributed by atoms with Crippen LogP contribution in [0.4, 0.5) is 0 Å². The smallest absolute Gasteiger partial charge is 0.446 e. The fourth-order valence-corrected chi connectivity index (χ4v) is 3.31. The van der Waals surface area contributed by atoms with Crippen molar-refractivity contribution in [3.8, 4) is 29.1 Å². The lowest BCUT2D eigenvalue weighted by Gasteiger charge is -2.15. The van der Waals surface area contributed by atoms with Crippen molar-refractivity contribution in [1.82, 2.24) is 9.55 Å². The van der Waals surface area contributed by atoms with Gasteiger partial charge in [-0.1, -0.05) is 11.6 Å². The summed E-state index contributed by atoms with van der Waals surface area (Å²) in [4.78, 5) is 25.1. The zero-order valence-electron chi connectivity index (χ0n) is 17.2. The lowest BCUT2D eigenvalue weighted by molar-refractivity contribution is 0.282. The van der Waals surface area contributed by atoms with Gasteiger partial charge >= 0.3 is 16.1 Å². The molecule has 3 aromatic rings. The second kappa shape index (κ2) is 10.7. The van der Waals surface area contributed by atoms with Crippen molar-refractivity contribution in [2.75, 3.05) is 6.61 Å². The first-order chi connectivity index (χ1) is 16.1. The minimum atomic E-state index is -4.79. The average molecular weight is 506 g/mol. The zero-order valence-corrected chi connectivity index (χ0v) is 18.7. The number of nitriles is 1. The third kappa shape index (κ3) is 7.24. The van der Waals surface area contributed by atoms with Gasteiger partial charge in [0, 0.05) is 29.4 Å². The normalized spacial score (nSPS) is 11.2. The summed E-state index contributed by atoms with van der Waals surface area (Å²) >= 11 is 6.11. The Morgan fingerprint density at radius 3 is 2.62 bits per heavy atom. The Morgan fingerprint density at radius 2 is 1.91 bits per heavy atom. The maximum atomic E-state index is 11.8. The van der Waals surface area contributed by atoms with Gasteiger partial charge in [0.2, 0.25) is 0 Å². The lowest BCUT2D eigenvalue weighted by atomic mass is 10.2. The Bertz CT molecular complexity index is 1490. The van der Waals surface area contributed by atoms with Crippen LogP contribution in [0.25, 0.3) is 6.08 Å². The predicted octanol–water partition coefficient (Wildman–Crippen LogP) is 2.78. The van der Waals surface area contributed by atoms with Crippen LogP contribution in [0.3, 0.4) is 0 Å². The van der Waals surface area contributed by atoms with E-state index in [1.165, 1.54) is 53.2 Å². The van der Waals surface area contributed by atoms with Gasteiger partial charge in [-0.15, -0.1) is 0 Å². The van der Waals surface area contributed by atoms with Crippen LogP contribution in [0, 0.1) is 11.3 Å². The SMILES string of the molecule is N#C/C=C/c1cc(Cl)cc(Oc2ccc(OS(=O)(=O)O)cc2OCCn2ccc(=O)[nH]c2=O)c1. The van der Waals surface area contributed by atoms with Crippen LogP contribution >= 0.6 is 11.6 Å². The van der Waals surface area contributed by atoms with Gasteiger partial charge in [-0.05, 0) is 42.0 Å². The number of halogens is 1. The second-order valence-electron chi connectivity index (χ2n) is 6.56. The van der Waals surface area contributed by atoms with E-state index in [2.05, 4.69) is 9.17 Å². The number of nitrogens with one attached hydrogen (secondary N) is 1. The van der Waals surface area contributed by atoms with E-state index in [0.717, 1.165) is 0 Å². The molecule has 2 aromatic carbocycles. The number of hydrogen-bond acceptors (Lipinski definition) is 8. The molecule has 176 valence electrons. The molecule has 0 aliphatic rings. The van der Waals surface area contributed by atoms with E-state index in [4.69, 9.17) is 30.9 Å². The summed E-state index contributed by atoms with van der Waals surface area (Å²) in [5.74, 6) is 0.187. The number of benzene rings is 2. The maximum Gasteiger partial charge on any atom is 0.446 e. The van der Waals surface area contributed by atoms with Gasteiger partial charge < -0.3 is 13.7 Å². The second-order valence-corrected chi connectivity index (χ2v) is 8.01. The van der Waals surface area contributed by atoms with Crippen molar-refractivity contribution >= 4 is 28.1 Å². The molecule has 13 heteroatoms. The average Bonchev–Trinajstić information content (AvgIpc) is 2.74. The number of hydrogen-bond donors (Lipinski definition) is 2. The molecule has 0 aliphatic carbocycles. The summed E-state index contributed by atoms with van der Waals surface area (Å²) in [5.41, 5.74) is -0.582. The van der Waals surface area contributed by atoms with Gasteiger partial charge in [-0.25, -0.2) is 4.79 Å². The number of nitrogens with zero attached hydrogens (tertiary/aromatic N) is 2. The molecule has 34 heavy (non-hydrogen) atoms. The highest BCUT2D eigenvalue weighted by molar-refractivity contribution is 7.81. The number of rotatable bonds is 9. The summed E-state index contributed by atoms with van der Waals surface area (Å²) in [5, 5.41) is 9.05. The molecule has 0 fully saturated rings. The number of aromatic nitrogens is 2. The Morgan fingerprint density at radius 1 is 1.12 bits per heavy atom. The molecule has 0 aliphatic heterocycles. The highest BCUT2D eigenvalue weighted by atomic mass is 35.5. The Labute approximate surface area is 198 Å². The van der Waals surface area contributed by atoms with E-state index in [1.807, 2.05) is 6.07 Å². The molecule has 3 rings (SSSR count). The van der Waals surface area contributed by atoms with Crippen LogP contribution in [-0.4, -0.2) is 29.1 Å². The molecule has 0 saturated heterocycles. The molecule has 0 bridgehead atoms. The Hall–Kier alpha value is -4.05. The summed E-state index contributed by atoms with van der Waals surface area (Å²) in [6, 6.07) is 11.5. The maximum absolute atomic E-state index is 11.8. The van der Waals surface area contributed by atoms with Gasteiger partial charge in [-0.3, -0.25) is 18.9 Å². The van der Waals surface area contributed by atoms with Crippen LogP contribution in [0.15, 0.2) is 64.3 Å². The number of allylic oxidation sites excluding steroid dienone is 1. The van der Waals surface area contributed by atoms with Gasteiger partial charge in [-0.2, -0.15) is 13.7 Å². The van der Waals surface area contributed by atoms with Gasteiger partial charge in [0.05, 0.1) is 12.6 Å². The fraction of sp³-hybridized carbons (Fsp3) is 0.0952. The number of H-pyrrole nitrogens is 1. The molecule has 0 unspecified atom stereocenters. The third-order valence-electron chi connectivity index (χ3n) is 4.08. The van der Waals surface area contributed by atoms with Gasteiger partial charge in [0.1, 0.15) is 18.1 Å². The van der Waals surface area contributed by atoms with Crippen LogP contribution in [0.1, 0.15) is 5.56 Å². The summed E-state index contributed by atoms with van der Waals surface area (Å²) in [6.07, 6.45) is 4.09. The van der Waals surface area contributed by atoms with Crippen LogP contribution in [-0.2, 0) is 16.9 Å². The highest BCUT2D eigenvalue weighted by Crippen LogP contribution is 2.36. The first-order valence-corrected chi connectivity index (χ1v) is 11.2. The van der Waals surface area contributed by atoms with Gasteiger partial charge in [0.25, 0.3) is 5.56 Å². The van der Waals surface area contributed by atoms with Crippen molar-refractivity contribution in [2.45, 2.75) is 6.54 Å². The molecular formula is C21H16ClN3O8S. The largest absolute Gasteiger partial charge is 0.488 e. The van der Waals surface area contributed by atoms with E-state index >= 15 is 0 Å². The number of ether oxygens (including phenoxy) is 2. The molecule has 0 amide bonds. The number of aromatic amines is 1. The molecule has 11 nitrogen and oxygen atoms in total. The molecular weight excluding hydrogens is 490 g/mol. The Balaban J connectivity index is 1.88. The van der Waals surface area contributed by atoms with Crippen LogP contribution < -0.4 is 24.9 Å². The molecule has 0 radical (unpaired) electrons. The van der Waals surface area contributed by atoms with Gasteiger partial charge in [0.15, 0.2) is 11.5 Å². The van der Waals surface area contributed by atoms with Crippen molar-refractivity contribution in [1.29, 1.82) is 5.26 Å². The quantitative estimate of drug-likeness (QED) is 0.329. The van der Waals surface area contributed by atoms with Crippen molar-refractivity contribution < 1.29 is 26.6 Å². The predicted molar refractivity (Wildman–Crippen MR) is 122 cm³/mol. The minimum absolute atomic E-state index is 0.0210. The van der Waals surface area contributed by atoms with Crippen LogP contribution in [0.5, 0.6) is 23.0 Å². The molecule has 1 heterocycles. The van der Waals surface area contributed by atoms with Crippen molar-refractivity contribution in [2.24, 2.45) is 0 Å². The van der Waals surface area contributed by atoms with Crippen LogP contribution in [0.2, 0.25) is 5.02 Å². The third-order valence-corrected chi connectivity index (χ3v) is 4.70. The summed E-state index contributed by atoms with van der Waals surface area (Å²) < 4.78 is 48.2. The lowest BCUT2D eigenvalue weighted by Crippen LogP contribution is -2.30. The molecule has 0 spiro atoms. The zero-order chi connectivity index (χ0) is 24.7. The summed E-state index contributed by atoms with van der Waals surface area (Å²) in [7, 11) is -4.79. The van der Waals surface area contributed by atoms with E-state index in [9.17, 15) is 18.0 Å². The molecule has 1 aromatic heterocycles. The summed E-state index contributed by atoms with van der Waals surface area (Å²) in [6.45, 7) is -0.0396. The molecule has 2 N–H and O–H groups in total. The molecule has 0 saturated carbocycles. The van der Waals surface area contributed by atoms with Crippen molar-refractivity contribution in [3.63, 3.8) is 0 Å². The fourth-order valence-electron chi connectivity index (χ4n) is 2.73. The van der Waals surface area contributed by atoms with E-state index in [1.54, 1.807) is 12.1 Å². The van der Waals surface area contributed by atoms with Crippen molar-refractivity contribution in [3.05, 3.63) is 86.2 Å². The minimum Gasteiger partial charge on any atom is -0.488 e. The Kier molecular flexibility index (Phi) is 7.75.